The van der Waals surface area contributed by atoms with Crippen molar-refractivity contribution in [2.75, 3.05) is 19.6 Å². The zero-order valence-corrected chi connectivity index (χ0v) is 19.1. The quantitative estimate of drug-likeness (QED) is 0.717. The first-order chi connectivity index (χ1) is 14.1. The van der Waals surface area contributed by atoms with Crippen LogP contribution in [0.15, 0.2) is 24.3 Å². The maximum absolute atomic E-state index is 12.9. The minimum absolute atomic E-state index is 0.00788. The highest BCUT2D eigenvalue weighted by molar-refractivity contribution is 5.98. The third-order valence-electron chi connectivity index (χ3n) is 5.55. The van der Waals surface area contributed by atoms with Gasteiger partial charge in [0.15, 0.2) is 0 Å². The summed E-state index contributed by atoms with van der Waals surface area (Å²) in [5.41, 5.74) is 1.42. The first-order valence-electron chi connectivity index (χ1n) is 11.0. The second-order valence-corrected chi connectivity index (χ2v) is 9.51. The molecule has 0 spiro atoms. The lowest BCUT2D eigenvalue weighted by Crippen LogP contribution is -2.54. The van der Waals surface area contributed by atoms with E-state index in [1.165, 1.54) is 0 Å². The Morgan fingerprint density at radius 2 is 1.77 bits per heavy atom. The third-order valence-corrected chi connectivity index (χ3v) is 5.55. The van der Waals surface area contributed by atoms with Gasteiger partial charge in [-0.3, -0.25) is 14.4 Å². The fraction of sp³-hybridized carbons (Fsp3) is 0.625. The second-order valence-electron chi connectivity index (χ2n) is 9.51. The summed E-state index contributed by atoms with van der Waals surface area (Å²) in [6.07, 6.45) is 2.76. The van der Waals surface area contributed by atoms with Crippen molar-refractivity contribution in [3.63, 3.8) is 0 Å². The first-order valence-corrected chi connectivity index (χ1v) is 11.0. The Balaban J connectivity index is 2.07. The van der Waals surface area contributed by atoms with Gasteiger partial charge in [0.05, 0.1) is 0 Å². The van der Waals surface area contributed by atoms with E-state index in [0.717, 1.165) is 12.0 Å². The van der Waals surface area contributed by atoms with Crippen LogP contribution in [0.5, 0.6) is 0 Å². The summed E-state index contributed by atoms with van der Waals surface area (Å²) in [5, 5.41) is 5.91. The van der Waals surface area contributed by atoms with E-state index >= 15 is 0 Å². The normalized spacial score (nSPS) is 16.1. The molecular weight excluding hydrogens is 378 g/mol. The molecular formula is C24H37N3O3. The van der Waals surface area contributed by atoms with Crippen molar-refractivity contribution in [2.45, 2.75) is 66.3 Å². The van der Waals surface area contributed by atoms with Gasteiger partial charge in [-0.15, -0.1) is 0 Å². The Labute approximate surface area is 180 Å². The number of amides is 3. The molecule has 30 heavy (non-hydrogen) atoms. The number of aryl methyl sites for hydroxylation is 1. The molecule has 0 aliphatic carbocycles. The van der Waals surface area contributed by atoms with Gasteiger partial charge in [-0.1, -0.05) is 45.9 Å². The highest BCUT2D eigenvalue weighted by atomic mass is 16.2. The number of carbonyl (C=O) groups excluding carboxylic acids is 3. The lowest BCUT2D eigenvalue weighted by Gasteiger charge is -2.36. The van der Waals surface area contributed by atoms with Gasteiger partial charge in [0.25, 0.3) is 5.91 Å². The van der Waals surface area contributed by atoms with Crippen molar-refractivity contribution in [2.24, 2.45) is 11.3 Å². The van der Waals surface area contributed by atoms with E-state index in [2.05, 4.69) is 31.4 Å². The van der Waals surface area contributed by atoms with Gasteiger partial charge in [0.2, 0.25) is 11.8 Å². The molecule has 6 nitrogen and oxygen atoms in total. The Kier molecular flexibility index (Phi) is 8.44. The van der Waals surface area contributed by atoms with E-state index in [0.29, 0.717) is 44.5 Å². The van der Waals surface area contributed by atoms with Gasteiger partial charge >= 0.3 is 0 Å². The van der Waals surface area contributed by atoms with Crippen molar-refractivity contribution in [3.8, 4) is 0 Å². The van der Waals surface area contributed by atoms with Crippen molar-refractivity contribution in [3.05, 3.63) is 35.4 Å². The molecule has 1 aliphatic rings. The molecule has 0 saturated carbocycles. The number of hydrogen-bond acceptors (Lipinski definition) is 3. The van der Waals surface area contributed by atoms with Crippen molar-refractivity contribution < 1.29 is 14.4 Å². The smallest absolute Gasteiger partial charge is 0.252 e. The number of nitrogens with zero attached hydrogens (tertiary/aromatic N) is 1. The van der Waals surface area contributed by atoms with Gasteiger partial charge in [-0.2, -0.15) is 0 Å². The highest BCUT2D eigenvalue weighted by Gasteiger charge is 2.34. The summed E-state index contributed by atoms with van der Waals surface area (Å²) in [6, 6.07) is 6.79. The number of piperidine rings is 1. The Hall–Kier alpha value is -2.37. The molecule has 1 unspecified atom stereocenters. The van der Waals surface area contributed by atoms with Gasteiger partial charge in [-0.25, -0.2) is 0 Å². The standard InChI is InChI=1S/C24H37N3O3/c1-6-13-25-23(30)21(26-22(29)19-10-8-7-9-17(19)2)18-11-14-27(15-12-18)20(28)16-24(3,4)5/h7-10,18,21H,6,11-16H2,1-5H3,(H,25,30)(H,26,29). The molecule has 2 N–H and O–H groups in total. The van der Waals surface area contributed by atoms with Gasteiger partial charge < -0.3 is 15.5 Å². The molecule has 0 radical (unpaired) electrons. The maximum Gasteiger partial charge on any atom is 0.252 e. The van der Waals surface area contributed by atoms with Gasteiger partial charge in [0, 0.05) is 31.6 Å². The van der Waals surface area contributed by atoms with E-state index in [-0.39, 0.29) is 29.1 Å². The number of hydrogen-bond donors (Lipinski definition) is 2. The van der Waals surface area contributed by atoms with Crippen LogP contribution in [0, 0.1) is 18.3 Å². The summed E-state index contributed by atoms with van der Waals surface area (Å²) in [5.74, 6) is -0.195. The molecule has 1 heterocycles. The molecule has 1 atom stereocenters. The van der Waals surface area contributed by atoms with Gasteiger partial charge in [0.1, 0.15) is 6.04 Å². The van der Waals surface area contributed by atoms with Crippen LogP contribution in [0.3, 0.4) is 0 Å². The molecule has 1 saturated heterocycles. The third kappa shape index (κ3) is 6.85. The fourth-order valence-corrected chi connectivity index (χ4v) is 3.85. The summed E-state index contributed by atoms with van der Waals surface area (Å²) in [6.45, 7) is 11.9. The van der Waals surface area contributed by atoms with Crippen LogP contribution in [0.2, 0.25) is 0 Å². The topological polar surface area (TPSA) is 78.5 Å². The zero-order chi connectivity index (χ0) is 22.3. The van der Waals surface area contributed by atoms with E-state index in [1.807, 2.05) is 36.9 Å². The van der Waals surface area contributed by atoms with Crippen LogP contribution in [-0.4, -0.2) is 48.3 Å². The minimum atomic E-state index is -0.594. The molecule has 1 aromatic carbocycles. The average molecular weight is 416 g/mol. The zero-order valence-electron chi connectivity index (χ0n) is 19.1. The van der Waals surface area contributed by atoms with Crippen LogP contribution in [0.4, 0.5) is 0 Å². The highest BCUT2D eigenvalue weighted by Crippen LogP contribution is 2.25. The Bertz CT molecular complexity index is 746. The van der Waals surface area contributed by atoms with Crippen molar-refractivity contribution >= 4 is 17.7 Å². The van der Waals surface area contributed by atoms with Gasteiger partial charge in [-0.05, 0) is 49.1 Å². The number of carbonyl (C=O) groups is 3. The van der Waals surface area contributed by atoms with Crippen LogP contribution >= 0.6 is 0 Å². The molecule has 3 amide bonds. The van der Waals surface area contributed by atoms with E-state index < -0.39 is 6.04 Å². The molecule has 0 aromatic heterocycles. The Morgan fingerprint density at radius 1 is 1.13 bits per heavy atom. The lowest BCUT2D eigenvalue weighted by molar-refractivity contribution is -0.134. The molecule has 1 aliphatic heterocycles. The largest absolute Gasteiger partial charge is 0.354 e. The summed E-state index contributed by atoms with van der Waals surface area (Å²) >= 11 is 0. The summed E-state index contributed by atoms with van der Waals surface area (Å²) < 4.78 is 0. The number of nitrogens with one attached hydrogen (secondary N) is 2. The average Bonchev–Trinajstić information content (AvgIpc) is 2.69. The fourth-order valence-electron chi connectivity index (χ4n) is 3.85. The lowest BCUT2D eigenvalue weighted by atomic mass is 9.87. The van der Waals surface area contributed by atoms with E-state index in [9.17, 15) is 14.4 Å². The van der Waals surface area contributed by atoms with Crippen LogP contribution in [-0.2, 0) is 9.59 Å². The molecule has 6 heteroatoms. The first kappa shape index (κ1) is 23.9. The molecule has 1 fully saturated rings. The molecule has 0 bridgehead atoms. The predicted molar refractivity (Wildman–Crippen MR) is 119 cm³/mol. The monoisotopic (exact) mass is 415 g/mol. The SMILES string of the molecule is CCCNC(=O)C(NC(=O)c1ccccc1C)C1CCN(C(=O)CC(C)(C)C)CC1. The molecule has 166 valence electrons. The summed E-state index contributed by atoms with van der Waals surface area (Å²) in [4.78, 5) is 40.2. The van der Waals surface area contributed by atoms with Crippen LogP contribution in [0.25, 0.3) is 0 Å². The summed E-state index contributed by atoms with van der Waals surface area (Å²) in [7, 11) is 0. The van der Waals surface area contributed by atoms with Crippen LogP contribution in [0.1, 0.15) is 69.3 Å². The predicted octanol–water partition coefficient (Wildman–Crippen LogP) is 3.29. The number of likely N-dealkylation sites (tertiary alicyclic amines) is 1. The number of benzene rings is 1. The molecule has 1 aromatic rings. The molecule has 2 rings (SSSR count). The van der Waals surface area contributed by atoms with Crippen molar-refractivity contribution in [1.29, 1.82) is 0 Å². The Morgan fingerprint density at radius 3 is 2.33 bits per heavy atom. The maximum atomic E-state index is 12.9. The van der Waals surface area contributed by atoms with Crippen molar-refractivity contribution in [1.82, 2.24) is 15.5 Å². The van der Waals surface area contributed by atoms with Crippen LogP contribution < -0.4 is 10.6 Å². The van der Waals surface area contributed by atoms with E-state index in [1.54, 1.807) is 6.07 Å². The van der Waals surface area contributed by atoms with E-state index in [4.69, 9.17) is 0 Å². The number of rotatable bonds is 7. The minimum Gasteiger partial charge on any atom is -0.354 e. The second kappa shape index (κ2) is 10.6.